The van der Waals surface area contributed by atoms with E-state index in [4.69, 9.17) is 16.7 Å². The van der Waals surface area contributed by atoms with Crippen molar-refractivity contribution in [3.63, 3.8) is 0 Å². The summed E-state index contributed by atoms with van der Waals surface area (Å²) in [6, 6.07) is 14.0. The normalized spacial score (nSPS) is 11.2. The first kappa shape index (κ1) is 15.1. The van der Waals surface area contributed by atoms with Crippen molar-refractivity contribution >= 4 is 29.0 Å². The van der Waals surface area contributed by atoms with Crippen molar-refractivity contribution in [2.45, 2.75) is 13.3 Å². The summed E-state index contributed by atoms with van der Waals surface area (Å²) in [5, 5.41) is 14.0. The molecule has 0 spiro atoms. The van der Waals surface area contributed by atoms with E-state index in [-0.39, 0.29) is 5.56 Å². The summed E-state index contributed by atoms with van der Waals surface area (Å²) >= 11 is 5.98. The third-order valence-electron chi connectivity index (χ3n) is 2.92. The molecule has 5 heteroatoms. The Bertz CT molecular complexity index is 683. The van der Waals surface area contributed by atoms with Crippen LogP contribution in [0.1, 0.15) is 29.3 Å². The number of carboxylic acid groups (broad SMARTS) is 1. The van der Waals surface area contributed by atoms with Crippen molar-refractivity contribution in [2.24, 2.45) is 5.10 Å². The Morgan fingerprint density at radius 3 is 2.57 bits per heavy atom. The summed E-state index contributed by atoms with van der Waals surface area (Å²) in [6.45, 7) is 2.00. The number of nitrogens with one attached hydrogen (secondary N) is 1. The molecule has 2 rings (SSSR count). The van der Waals surface area contributed by atoms with Gasteiger partial charge in [-0.25, -0.2) is 4.79 Å². The molecule has 0 unspecified atom stereocenters. The van der Waals surface area contributed by atoms with Gasteiger partial charge in [0.1, 0.15) is 0 Å². The van der Waals surface area contributed by atoms with Crippen LogP contribution in [-0.2, 0) is 0 Å². The Morgan fingerprint density at radius 1 is 1.19 bits per heavy atom. The van der Waals surface area contributed by atoms with Crippen molar-refractivity contribution in [3.8, 4) is 0 Å². The zero-order chi connectivity index (χ0) is 15.2. The Hall–Kier alpha value is -2.33. The summed E-state index contributed by atoms with van der Waals surface area (Å²) < 4.78 is 0. The van der Waals surface area contributed by atoms with Crippen LogP contribution in [0.2, 0.25) is 5.02 Å². The molecule has 0 aliphatic carbocycles. The Kier molecular flexibility index (Phi) is 4.95. The van der Waals surface area contributed by atoms with E-state index in [0.717, 1.165) is 17.7 Å². The predicted octanol–water partition coefficient (Wildman–Crippen LogP) is 4.26. The van der Waals surface area contributed by atoms with Gasteiger partial charge in [0.25, 0.3) is 0 Å². The fourth-order valence-electron chi connectivity index (χ4n) is 1.87. The highest BCUT2D eigenvalue weighted by Crippen LogP contribution is 2.15. The number of carbonyl (C=O) groups is 1. The molecule has 0 saturated carbocycles. The molecule has 0 aliphatic heterocycles. The first-order chi connectivity index (χ1) is 10.1. The third-order valence-corrected chi connectivity index (χ3v) is 3.16. The van der Waals surface area contributed by atoms with Gasteiger partial charge in [-0.1, -0.05) is 36.7 Å². The van der Waals surface area contributed by atoms with E-state index in [9.17, 15) is 4.79 Å². The largest absolute Gasteiger partial charge is 0.478 e. The highest BCUT2D eigenvalue weighted by Gasteiger charge is 2.04. The second-order valence-corrected chi connectivity index (χ2v) is 4.86. The summed E-state index contributed by atoms with van der Waals surface area (Å²) in [5.74, 6) is -0.965. The number of rotatable bonds is 5. The molecule has 108 valence electrons. The number of nitrogens with zero attached hydrogens (tertiary/aromatic N) is 1. The Balaban J connectivity index is 2.22. The molecule has 0 fully saturated rings. The number of hydrogen-bond donors (Lipinski definition) is 2. The molecule has 0 aromatic heterocycles. The molecule has 2 N–H and O–H groups in total. The topological polar surface area (TPSA) is 61.7 Å². The molecule has 0 atom stereocenters. The third kappa shape index (κ3) is 4.07. The summed E-state index contributed by atoms with van der Waals surface area (Å²) in [5.41, 5.74) is 5.52. The van der Waals surface area contributed by atoms with Gasteiger partial charge in [-0.2, -0.15) is 5.10 Å². The molecule has 0 heterocycles. The van der Waals surface area contributed by atoms with Crippen molar-refractivity contribution in [3.05, 3.63) is 64.7 Å². The van der Waals surface area contributed by atoms with Crippen molar-refractivity contribution in [2.75, 3.05) is 5.43 Å². The van der Waals surface area contributed by atoms with Crippen LogP contribution in [-0.4, -0.2) is 16.8 Å². The molecule has 2 aromatic carbocycles. The Labute approximate surface area is 128 Å². The number of hydrogen-bond acceptors (Lipinski definition) is 3. The van der Waals surface area contributed by atoms with Crippen LogP contribution in [0.5, 0.6) is 0 Å². The quantitative estimate of drug-likeness (QED) is 0.640. The second kappa shape index (κ2) is 6.90. The van der Waals surface area contributed by atoms with Crippen LogP contribution in [0.25, 0.3) is 0 Å². The van der Waals surface area contributed by atoms with Crippen molar-refractivity contribution in [1.82, 2.24) is 0 Å². The fourth-order valence-corrected chi connectivity index (χ4v) is 2.06. The van der Waals surface area contributed by atoms with Gasteiger partial charge in [-0.15, -0.1) is 0 Å². The average Bonchev–Trinajstić information content (AvgIpc) is 2.48. The zero-order valence-corrected chi connectivity index (χ0v) is 12.3. The molecule has 2 aromatic rings. The second-order valence-electron chi connectivity index (χ2n) is 4.42. The maximum absolute atomic E-state index is 10.9. The number of aromatic carboxylic acids is 1. The van der Waals surface area contributed by atoms with Gasteiger partial charge in [0, 0.05) is 5.02 Å². The monoisotopic (exact) mass is 302 g/mol. The molecule has 0 saturated heterocycles. The van der Waals surface area contributed by atoms with Crippen LogP contribution in [0.3, 0.4) is 0 Å². The van der Waals surface area contributed by atoms with E-state index in [1.807, 2.05) is 31.2 Å². The summed E-state index contributed by atoms with van der Waals surface area (Å²) in [6.07, 6.45) is 0.728. The zero-order valence-electron chi connectivity index (χ0n) is 11.5. The lowest BCUT2D eigenvalue weighted by atomic mass is 10.1. The van der Waals surface area contributed by atoms with Crippen molar-refractivity contribution in [1.29, 1.82) is 0 Å². The fraction of sp³-hybridized carbons (Fsp3) is 0.125. The van der Waals surface area contributed by atoms with E-state index < -0.39 is 5.97 Å². The SMILES string of the molecule is CC/C(=N\Nc1cccc(C(=O)O)c1)c1cccc(Cl)c1. The van der Waals surface area contributed by atoms with Crippen molar-refractivity contribution < 1.29 is 9.90 Å². The molecule has 0 amide bonds. The molecule has 0 radical (unpaired) electrons. The molecule has 4 nitrogen and oxygen atoms in total. The van der Waals surface area contributed by atoms with Gasteiger partial charge in [0.2, 0.25) is 0 Å². The smallest absolute Gasteiger partial charge is 0.335 e. The minimum atomic E-state index is -0.965. The van der Waals surface area contributed by atoms with Gasteiger partial charge >= 0.3 is 5.97 Å². The molecule has 0 aliphatic rings. The van der Waals surface area contributed by atoms with E-state index >= 15 is 0 Å². The summed E-state index contributed by atoms with van der Waals surface area (Å²) in [7, 11) is 0. The lowest BCUT2D eigenvalue weighted by molar-refractivity contribution is 0.0697. The molecule has 0 bridgehead atoms. The maximum Gasteiger partial charge on any atom is 0.335 e. The number of benzene rings is 2. The number of hydrazone groups is 1. The van der Waals surface area contributed by atoms with E-state index in [1.165, 1.54) is 12.1 Å². The number of halogens is 1. The van der Waals surface area contributed by atoms with Gasteiger partial charge in [0.05, 0.1) is 17.0 Å². The first-order valence-electron chi connectivity index (χ1n) is 6.52. The van der Waals surface area contributed by atoms with Gasteiger partial charge in [-0.05, 0) is 42.3 Å². The number of anilines is 1. The van der Waals surface area contributed by atoms with Gasteiger partial charge in [-0.3, -0.25) is 5.43 Å². The van der Waals surface area contributed by atoms with E-state index in [2.05, 4.69) is 10.5 Å². The average molecular weight is 303 g/mol. The van der Waals surface area contributed by atoms with Gasteiger partial charge in [0.15, 0.2) is 0 Å². The van der Waals surface area contributed by atoms with Crippen LogP contribution in [0.4, 0.5) is 5.69 Å². The highest BCUT2D eigenvalue weighted by molar-refractivity contribution is 6.31. The molecular weight excluding hydrogens is 288 g/mol. The molecular formula is C16H15ClN2O2. The van der Waals surface area contributed by atoms with Crippen LogP contribution in [0, 0.1) is 0 Å². The minimum absolute atomic E-state index is 0.219. The first-order valence-corrected chi connectivity index (χ1v) is 6.90. The van der Waals surface area contributed by atoms with E-state index in [1.54, 1.807) is 12.1 Å². The van der Waals surface area contributed by atoms with E-state index in [0.29, 0.717) is 10.7 Å². The van der Waals surface area contributed by atoms with Crippen LogP contribution >= 0.6 is 11.6 Å². The predicted molar refractivity (Wildman–Crippen MR) is 85.3 cm³/mol. The van der Waals surface area contributed by atoms with Crippen LogP contribution in [0.15, 0.2) is 53.6 Å². The maximum atomic E-state index is 10.9. The molecule has 21 heavy (non-hydrogen) atoms. The minimum Gasteiger partial charge on any atom is -0.478 e. The highest BCUT2D eigenvalue weighted by atomic mass is 35.5. The summed E-state index contributed by atoms with van der Waals surface area (Å²) in [4.78, 5) is 10.9. The van der Waals surface area contributed by atoms with Crippen LogP contribution < -0.4 is 5.43 Å². The number of carboxylic acids is 1. The van der Waals surface area contributed by atoms with Gasteiger partial charge < -0.3 is 5.11 Å². The standard InChI is InChI=1S/C16H15ClN2O2/c1-2-15(11-5-3-7-13(17)9-11)19-18-14-8-4-6-12(10-14)16(20)21/h3-10,18H,2H2,1H3,(H,20,21)/b19-15+. The lowest BCUT2D eigenvalue weighted by Gasteiger charge is -2.07. The lowest BCUT2D eigenvalue weighted by Crippen LogP contribution is -2.04. The Morgan fingerprint density at radius 2 is 1.90 bits per heavy atom.